The molecule has 0 amide bonds. The molecule has 18 heavy (non-hydrogen) atoms. The SMILES string of the molecule is Cc1cn2c(nc1=N)O[C@H]1[C@H](O)[C@@H](CO)O[C@H]12.Cl. The highest BCUT2D eigenvalue weighted by Crippen LogP contribution is 2.38. The Kier molecular flexibility index (Phi) is 3.33. The van der Waals surface area contributed by atoms with Gasteiger partial charge in [0.05, 0.1) is 6.61 Å². The number of aliphatic hydroxyl groups excluding tert-OH is 2. The lowest BCUT2D eigenvalue weighted by molar-refractivity contribution is -0.0435. The molecule has 0 aliphatic carbocycles. The maximum Gasteiger partial charge on any atom is 0.301 e. The van der Waals surface area contributed by atoms with E-state index in [1.165, 1.54) is 0 Å². The average molecular weight is 276 g/mol. The van der Waals surface area contributed by atoms with E-state index in [0.717, 1.165) is 0 Å². The molecule has 0 spiro atoms. The number of halogens is 1. The molecule has 4 atom stereocenters. The molecule has 0 saturated carbocycles. The summed E-state index contributed by atoms with van der Waals surface area (Å²) in [5.41, 5.74) is 0.841. The van der Waals surface area contributed by atoms with Gasteiger partial charge in [0.15, 0.2) is 17.8 Å². The van der Waals surface area contributed by atoms with E-state index < -0.39 is 24.5 Å². The number of aromatic nitrogens is 2. The molecule has 1 saturated heterocycles. The fourth-order valence-corrected chi connectivity index (χ4v) is 2.18. The van der Waals surface area contributed by atoms with Gasteiger partial charge in [-0.25, -0.2) is 0 Å². The van der Waals surface area contributed by atoms with Crippen LogP contribution in [0.3, 0.4) is 0 Å². The topological polar surface area (TPSA) is 101 Å². The van der Waals surface area contributed by atoms with E-state index >= 15 is 0 Å². The number of nitrogens with one attached hydrogen (secondary N) is 1. The van der Waals surface area contributed by atoms with Crippen LogP contribution in [0.5, 0.6) is 6.01 Å². The van der Waals surface area contributed by atoms with E-state index in [-0.39, 0.29) is 30.5 Å². The van der Waals surface area contributed by atoms with Crippen LogP contribution in [0.1, 0.15) is 11.8 Å². The summed E-state index contributed by atoms with van der Waals surface area (Å²) < 4.78 is 12.6. The van der Waals surface area contributed by atoms with Crippen molar-refractivity contribution in [2.24, 2.45) is 0 Å². The van der Waals surface area contributed by atoms with Crippen molar-refractivity contribution in [1.29, 1.82) is 5.41 Å². The van der Waals surface area contributed by atoms with Gasteiger partial charge in [0.1, 0.15) is 12.2 Å². The molecule has 1 aromatic rings. The van der Waals surface area contributed by atoms with Gasteiger partial charge in [-0.1, -0.05) is 0 Å². The Balaban J connectivity index is 0.00000120. The normalized spacial score (nSPS) is 32.4. The Morgan fingerprint density at radius 1 is 1.56 bits per heavy atom. The summed E-state index contributed by atoms with van der Waals surface area (Å²) in [6.45, 7) is 1.52. The van der Waals surface area contributed by atoms with Crippen molar-refractivity contribution in [3.05, 3.63) is 17.2 Å². The smallest absolute Gasteiger partial charge is 0.301 e. The van der Waals surface area contributed by atoms with Crippen molar-refractivity contribution in [1.82, 2.24) is 9.55 Å². The molecule has 0 aromatic carbocycles. The third-order valence-electron chi connectivity index (χ3n) is 3.14. The number of nitrogens with zero attached hydrogens (tertiary/aromatic N) is 2. The Bertz CT molecular complexity index is 520. The van der Waals surface area contributed by atoms with Crippen molar-refractivity contribution < 1.29 is 19.7 Å². The Morgan fingerprint density at radius 3 is 2.94 bits per heavy atom. The van der Waals surface area contributed by atoms with Crippen LogP contribution in [-0.4, -0.2) is 44.7 Å². The fraction of sp³-hybridized carbons (Fsp3) is 0.600. The van der Waals surface area contributed by atoms with Gasteiger partial charge in [-0.15, -0.1) is 12.4 Å². The van der Waals surface area contributed by atoms with Crippen LogP contribution in [0.4, 0.5) is 0 Å². The summed E-state index contributed by atoms with van der Waals surface area (Å²) in [7, 11) is 0. The predicted octanol–water partition coefficient (Wildman–Crippen LogP) is -0.896. The van der Waals surface area contributed by atoms with Crippen molar-refractivity contribution in [2.75, 3.05) is 6.61 Å². The monoisotopic (exact) mass is 275 g/mol. The molecule has 3 heterocycles. The van der Waals surface area contributed by atoms with Gasteiger partial charge < -0.3 is 19.7 Å². The predicted molar refractivity (Wildman–Crippen MR) is 61.5 cm³/mol. The van der Waals surface area contributed by atoms with E-state index in [9.17, 15) is 5.11 Å². The van der Waals surface area contributed by atoms with Gasteiger partial charge in [-0.3, -0.25) is 9.98 Å². The van der Waals surface area contributed by atoms with Crippen molar-refractivity contribution in [3.8, 4) is 6.01 Å². The lowest BCUT2D eigenvalue weighted by Crippen LogP contribution is -2.34. The maximum atomic E-state index is 9.87. The van der Waals surface area contributed by atoms with Gasteiger partial charge in [0.2, 0.25) is 0 Å². The van der Waals surface area contributed by atoms with Crippen LogP contribution in [-0.2, 0) is 4.74 Å². The van der Waals surface area contributed by atoms with Crippen LogP contribution in [0.15, 0.2) is 6.20 Å². The summed E-state index contributed by atoms with van der Waals surface area (Å²) in [5, 5.41) is 26.5. The second-order valence-corrected chi connectivity index (χ2v) is 4.28. The molecule has 0 bridgehead atoms. The first-order valence-electron chi connectivity index (χ1n) is 5.37. The highest BCUT2D eigenvalue weighted by Gasteiger charge is 2.50. The highest BCUT2D eigenvalue weighted by atomic mass is 35.5. The molecule has 3 rings (SSSR count). The molecule has 2 aliphatic heterocycles. The summed E-state index contributed by atoms with van der Waals surface area (Å²) in [4.78, 5) is 3.97. The summed E-state index contributed by atoms with van der Waals surface area (Å²) in [5.74, 6) is 0. The number of fused-ring (bicyclic) bond motifs is 3. The van der Waals surface area contributed by atoms with E-state index in [1.54, 1.807) is 17.7 Å². The number of aryl methyl sites for hydroxylation is 1. The van der Waals surface area contributed by atoms with Crippen molar-refractivity contribution in [3.63, 3.8) is 0 Å². The standard InChI is InChI=1S/C10H13N3O4.ClH/c1-4-2-13-9-7(6(15)5(3-14)16-9)17-10(13)12-8(4)11;/h2,5-7,9,11,14-15H,3H2,1H3;1H/t5-,6-,7+,9-;/m1./s1. The molecular weight excluding hydrogens is 262 g/mol. The minimum atomic E-state index is -0.888. The summed E-state index contributed by atoms with van der Waals surface area (Å²) in [6, 6.07) is 0.269. The quantitative estimate of drug-likeness (QED) is 0.617. The number of rotatable bonds is 1. The Labute approximate surface area is 109 Å². The number of hydrogen-bond acceptors (Lipinski definition) is 6. The van der Waals surface area contributed by atoms with E-state index in [2.05, 4.69) is 4.98 Å². The van der Waals surface area contributed by atoms with E-state index in [0.29, 0.717) is 5.56 Å². The zero-order valence-electron chi connectivity index (χ0n) is 9.61. The largest absolute Gasteiger partial charge is 0.454 e. The molecule has 1 aromatic heterocycles. The van der Waals surface area contributed by atoms with Crippen LogP contribution < -0.4 is 10.2 Å². The maximum absolute atomic E-state index is 9.87. The Hall–Kier alpha value is -1.15. The summed E-state index contributed by atoms with van der Waals surface area (Å²) >= 11 is 0. The van der Waals surface area contributed by atoms with Crippen LogP contribution in [0.25, 0.3) is 0 Å². The van der Waals surface area contributed by atoms with Gasteiger partial charge >= 0.3 is 6.01 Å². The van der Waals surface area contributed by atoms with Gasteiger partial charge in [-0.2, -0.15) is 4.98 Å². The number of aliphatic hydroxyl groups is 2. The zero-order valence-corrected chi connectivity index (χ0v) is 10.4. The second-order valence-electron chi connectivity index (χ2n) is 4.28. The molecule has 3 N–H and O–H groups in total. The van der Waals surface area contributed by atoms with Gasteiger partial charge in [-0.05, 0) is 6.92 Å². The molecule has 7 nitrogen and oxygen atoms in total. The fourth-order valence-electron chi connectivity index (χ4n) is 2.18. The summed E-state index contributed by atoms with van der Waals surface area (Å²) in [6.07, 6.45) is -0.866. The first-order chi connectivity index (χ1) is 8.11. The first kappa shape index (κ1) is 13.3. The lowest BCUT2D eigenvalue weighted by Gasteiger charge is -2.14. The van der Waals surface area contributed by atoms with E-state index in [1.807, 2.05) is 0 Å². The molecule has 0 radical (unpaired) electrons. The Morgan fingerprint density at radius 2 is 2.28 bits per heavy atom. The van der Waals surface area contributed by atoms with Crippen LogP contribution >= 0.6 is 12.4 Å². The average Bonchev–Trinajstić information content (AvgIpc) is 2.78. The highest BCUT2D eigenvalue weighted by molar-refractivity contribution is 5.85. The number of hydrogen-bond donors (Lipinski definition) is 3. The van der Waals surface area contributed by atoms with E-state index in [4.69, 9.17) is 20.0 Å². The van der Waals surface area contributed by atoms with Crippen molar-refractivity contribution >= 4 is 12.4 Å². The van der Waals surface area contributed by atoms with Crippen molar-refractivity contribution in [2.45, 2.75) is 31.5 Å². The third-order valence-corrected chi connectivity index (χ3v) is 3.14. The zero-order chi connectivity index (χ0) is 12.2. The van der Waals surface area contributed by atoms with Crippen LogP contribution in [0.2, 0.25) is 0 Å². The molecule has 100 valence electrons. The van der Waals surface area contributed by atoms with Gasteiger partial charge in [0.25, 0.3) is 0 Å². The number of ether oxygens (including phenoxy) is 2. The minimum Gasteiger partial charge on any atom is -0.454 e. The van der Waals surface area contributed by atoms with Gasteiger partial charge in [0, 0.05) is 11.8 Å². The molecule has 1 fully saturated rings. The molecule has 8 heteroatoms. The molecule has 0 unspecified atom stereocenters. The second kappa shape index (κ2) is 4.51. The minimum absolute atomic E-state index is 0. The molecule has 2 aliphatic rings. The third kappa shape index (κ3) is 1.71. The lowest BCUT2D eigenvalue weighted by atomic mass is 10.1. The first-order valence-corrected chi connectivity index (χ1v) is 5.37. The molecular formula is C10H14ClN3O4. The van der Waals surface area contributed by atoms with Crippen LogP contribution in [0, 0.1) is 12.3 Å².